The Kier molecular flexibility index (Phi) is 4.15. The van der Waals surface area contributed by atoms with E-state index in [2.05, 4.69) is 10.3 Å². The molecule has 96 valence electrons. The van der Waals surface area contributed by atoms with Crippen molar-refractivity contribution >= 4 is 28.8 Å². The summed E-state index contributed by atoms with van der Waals surface area (Å²) in [6.45, 7) is 0. The predicted octanol–water partition coefficient (Wildman–Crippen LogP) is 3.27. The summed E-state index contributed by atoms with van der Waals surface area (Å²) in [4.78, 5) is 16.0. The van der Waals surface area contributed by atoms with Crippen LogP contribution in [0.1, 0.15) is 5.69 Å². The first-order valence-electron chi connectivity index (χ1n) is 5.53. The summed E-state index contributed by atoms with van der Waals surface area (Å²) in [5.41, 5.74) is 1.08. The highest BCUT2D eigenvalue weighted by Crippen LogP contribution is 2.17. The van der Waals surface area contributed by atoms with Crippen LogP contribution >= 0.6 is 11.6 Å². The highest BCUT2D eigenvalue weighted by atomic mass is 35.5. The van der Waals surface area contributed by atoms with Crippen molar-refractivity contribution < 1.29 is 9.90 Å². The van der Waals surface area contributed by atoms with E-state index in [0.717, 1.165) is 6.26 Å². The molecule has 1 aromatic carbocycles. The van der Waals surface area contributed by atoms with Gasteiger partial charge >= 0.3 is 0 Å². The predicted molar refractivity (Wildman–Crippen MR) is 74.9 cm³/mol. The maximum absolute atomic E-state index is 12.0. The third-order valence-electron chi connectivity index (χ3n) is 2.42. The summed E-state index contributed by atoms with van der Waals surface area (Å²) in [5, 5.41) is 12.4. The normalized spacial score (nSPS) is 11.1. The number of hydrogen-bond acceptors (Lipinski definition) is 3. The lowest BCUT2D eigenvalue weighted by molar-refractivity contribution is -0.111. The molecular weight excluding hydrogens is 264 g/mol. The van der Waals surface area contributed by atoms with Gasteiger partial charge in [0.05, 0.1) is 17.5 Å². The van der Waals surface area contributed by atoms with Crippen LogP contribution in [0, 0.1) is 0 Å². The SMILES string of the molecule is O=C(Nc1ccc(Cl)cc1)C(=CO)c1ccccn1. The fraction of sp³-hybridized carbons (Fsp3) is 0. The number of amides is 1. The number of pyridine rings is 1. The van der Waals surface area contributed by atoms with Gasteiger partial charge in [-0.3, -0.25) is 9.78 Å². The van der Waals surface area contributed by atoms with Gasteiger partial charge in [0, 0.05) is 16.9 Å². The van der Waals surface area contributed by atoms with E-state index in [4.69, 9.17) is 11.6 Å². The van der Waals surface area contributed by atoms with Crippen molar-refractivity contribution in [3.8, 4) is 0 Å². The molecule has 0 aliphatic rings. The minimum Gasteiger partial charge on any atom is -0.515 e. The van der Waals surface area contributed by atoms with Crippen LogP contribution in [-0.2, 0) is 4.79 Å². The lowest BCUT2D eigenvalue weighted by atomic mass is 10.1. The number of aromatic nitrogens is 1. The molecule has 0 bridgehead atoms. The number of hydrogen-bond donors (Lipinski definition) is 2. The van der Waals surface area contributed by atoms with Gasteiger partial charge in [0.15, 0.2) is 0 Å². The van der Waals surface area contributed by atoms with Gasteiger partial charge in [-0.05, 0) is 36.4 Å². The lowest BCUT2D eigenvalue weighted by Crippen LogP contribution is -2.14. The molecule has 0 aliphatic carbocycles. The van der Waals surface area contributed by atoms with Gasteiger partial charge in [0.1, 0.15) is 0 Å². The third kappa shape index (κ3) is 3.33. The maximum Gasteiger partial charge on any atom is 0.260 e. The van der Waals surface area contributed by atoms with Crippen molar-refractivity contribution in [1.29, 1.82) is 0 Å². The number of nitrogens with one attached hydrogen (secondary N) is 1. The molecule has 0 atom stereocenters. The second-order valence-corrected chi connectivity index (χ2v) is 4.16. The number of rotatable bonds is 3. The molecule has 1 aromatic heterocycles. The van der Waals surface area contributed by atoms with E-state index in [1.807, 2.05) is 0 Å². The topological polar surface area (TPSA) is 62.2 Å². The third-order valence-corrected chi connectivity index (χ3v) is 2.67. The first kappa shape index (κ1) is 13.1. The van der Waals surface area contributed by atoms with Crippen LogP contribution in [0.4, 0.5) is 5.69 Å². The van der Waals surface area contributed by atoms with Crippen LogP contribution < -0.4 is 5.32 Å². The smallest absolute Gasteiger partial charge is 0.260 e. The summed E-state index contributed by atoms with van der Waals surface area (Å²) in [7, 11) is 0. The first-order valence-corrected chi connectivity index (χ1v) is 5.91. The Morgan fingerprint density at radius 1 is 1.21 bits per heavy atom. The van der Waals surface area contributed by atoms with Gasteiger partial charge in [-0.25, -0.2) is 0 Å². The zero-order chi connectivity index (χ0) is 13.7. The summed E-state index contributed by atoms with van der Waals surface area (Å²) in [5.74, 6) is -0.441. The summed E-state index contributed by atoms with van der Waals surface area (Å²) in [6, 6.07) is 11.8. The van der Waals surface area contributed by atoms with Gasteiger partial charge in [0.25, 0.3) is 5.91 Å². The number of aliphatic hydroxyl groups excluding tert-OH is 1. The average Bonchev–Trinajstić information content (AvgIpc) is 2.43. The van der Waals surface area contributed by atoms with Crippen LogP contribution in [0.2, 0.25) is 5.02 Å². The minimum absolute atomic E-state index is 0.0931. The van der Waals surface area contributed by atoms with Crippen molar-refractivity contribution in [2.45, 2.75) is 0 Å². The van der Waals surface area contributed by atoms with E-state index in [-0.39, 0.29) is 5.57 Å². The van der Waals surface area contributed by atoms with E-state index in [0.29, 0.717) is 16.4 Å². The highest BCUT2D eigenvalue weighted by molar-refractivity contribution is 6.30. The molecule has 2 aromatic rings. The number of nitrogens with zero attached hydrogens (tertiary/aromatic N) is 1. The average molecular weight is 275 g/mol. The Labute approximate surface area is 115 Å². The number of carbonyl (C=O) groups excluding carboxylic acids is 1. The second kappa shape index (κ2) is 6.02. The molecule has 1 amide bonds. The van der Waals surface area contributed by atoms with Crippen LogP contribution in [0.3, 0.4) is 0 Å². The first-order chi connectivity index (χ1) is 9.20. The summed E-state index contributed by atoms with van der Waals surface area (Å²) in [6.07, 6.45) is 2.29. The van der Waals surface area contributed by atoms with Gasteiger partial charge in [-0.2, -0.15) is 0 Å². The number of anilines is 1. The Balaban J connectivity index is 2.17. The van der Waals surface area contributed by atoms with Crippen LogP contribution in [-0.4, -0.2) is 16.0 Å². The quantitative estimate of drug-likeness (QED) is 0.667. The van der Waals surface area contributed by atoms with Crippen LogP contribution in [0.15, 0.2) is 54.9 Å². The number of benzene rings is 1. The van der Waals surface area contributed by atoms with Crippen molar-refractivity contribution in [1.82, 2.24) is 4.98 Å². The molecule has 5 heteroatoms. The van der Waals surface area contributed by atoms with Gasteiger partial charge in [0.2, 0.25) is 0 Å². The largest absolute Gasteiger partial charge is 0.515 e. The molecule has 0 radical (unpaired) electrons. The van der Waals surface area contributed by atoms with E-state index in [9.17, 15) is 9.90 Å². The summed E-state index contributed by atoms with van der Waals surface area (Å²) < 4.78 is 0. The van der Waals surface area contributed by atoms with E-state index in [1.165, 1.54) is 0 Å². The Morgan fingerprint density at radius 2 is 1.95 bits per heavy atom. The van der Waals surface area contributed by atoms with Crippen LogP contribution in [0.25, 0.3) is 5.57 Å². The molecule has 0 spiro atoms. The zero-order valence-electron chi connectivity index (χ0n) is 9.88. The molecule has 4 nitrogen and oxygen atoms in total. The van der Waals surface area contributed by atoms with E-state index >= 15 is 0 Å². The summed E-state index contributed by atoms with van der Waals surface area (Å²) >= 11 is 5.76. The van der Waals surface area contributed by atoms with Gasteiger partial charge in [-0.1, -0.05) is 17.7 Å². The number of carbonyl (C=O) groups is 1. The molecule has 2 N–H and O–H groups in total. The van der Waals surface area contributed by atoms with Crippen molar-refractivity contribution in [2.24, 2.45) is 0 Å². The molecule has 0 aliphatic heterocycles. The standard InChI is InChI=1S/C14H11ClN2O2/c15-10-4-6-11(7-5-10)17-14(19)12(9-18)13-3-1-2-8-16-13/h1-9,18H,(H,17,19). The molecule has 0 saturated heterocycles. The van der Waals surface area contributed by atoms with Crippen LogP contribution in [0.5, 0.6) is 0 Å². The van der Waals surface area contributed by atoms with Gasteiger partial charge < -0.3 is 10.4 Å². The van der Waals surface area contributed by atoms with Crippen molar-refractivity contribution in [2.75, 3.05) is 5.32 Å². The zero-order valence-corrected chi connectivity index (χ0v) is 10.6. The Bertz CT molecular complexity index is 595. The lowest BCUT2D eigenvalue weighted by Gasteiger charge is -2.07. The van der Waals surface area contributed by atoms with E-state index < -0.39 is 5.91 Å². The fourth-order valence-corrected chi connectivity index (χ4v) is 1.62. The Morgan fingerprint density at radius 3 is 2.53 bits per heavy atom. The molecule has 0 unspecified atom stereocenters. The number of aliphatic hydroxyl groups is 1. The monoisotopic (exact) mass is 274 g/mol. The Hall–Kier alpha value is -2.33. The highest BCUT2D eigenvalue weighted by Gasteiger charge is 2.13. The maximum atomic E-state index is 12.0. The van der Waals surface area contributed by atoms with Gasteiger partial charge in [-0.15, -0.1) is 0 Å². The molecule has 1 heterocycles. The second-order valence-electron chi connectivity index (χ2n) is 3.72. The molecule has 0 fully saturated rings. The minimum atomic E-state index is -0.441. The molecule has 19 heavy (non-hydrogen) atoms. The van der Waals surface area contributed by atoms with E-state index in [1.54, 1.807) is 48.7 Å². The molecule has 0 saturated carbocycles. The molecular formula is C14H11ClN2O2. The fourth-order valence-electron chi connectivity index (χ4n) is 1.49. The number of halogens is 1. The molecule has 2 rings (SSSR count). The van der Waals surface area contributed by atoms with Crippen molar-refractivity contribution in [3.63, 3.8) is 0 Å². The van der Waals surface area contributed by atoms with Crippen molar-refractivity contribution in [3.05, 3.63) is 65.6 Å².